The zero-order chi connectivity index (χ0) is 14.3. The molecular formula is C10H18F3N3O2. The third kappa shape index (κ3) is 7.10. The number of amides is 2. The largest absolute Gasteiger partial charge is 0.406 e. The van der Waals surface area contributed by atoms with Gasteiger partial charge in [0.25, 0.3) is 0 Å². The Bertz CT molecular complexity index is 293. The Morgan fingerprint density at radius 2 is 1.72 bits per heavy atom. The second-order valence-electron chi connectivity index (χ2n) is 4.01. The van der Waals surface area contributed by atoms with Crippen molar-refractivity contribution in [1.29, 1.82) is 0 Å². The summed E-state index contributed by atoms with van der Waals surface area (Å²) in [5.41, 5.74) is 0. The molecule has 5 nitrogen and oxygen atoms in total. The van der Waals surface area contributed by atoms with Gasteiger partial charge in [-0.15, -0.1) is 0 Å². The first-order valence-electron chi connectivity index (χ1n) is 5.36. The third-order valence-corrected chi connectivity index (χ3v) is 2.14. The smallest absolute Gasteiger partial charge is 0.347 e. The molecule has 0 rings (SSSR count). The SMILES string of the molecule is CNCCC(=O)N(CC(=O)N(C)C)CC(F)(F)F. The van der Waals surface area contributed by atoms with Gasteiger partial charge in [-0.1, -0.05) is 0 Å². The van der Waals surface area contributed by atoms with E-state index in [0.29, 0.717) is 4.90 Å². The Labute approximate surface area is 104 Å². The average molecular weight is 269 g/mol. The van der Waals surface area contributed by atoms with E-state index in [0.717, 1.165) is 4.90 Å². The molecule has 0 fully saturated rings. The topological polar surface area (TPSA) is 52.7 Å². The fourth-order valence-electron chi connectivity index (χ4n) is 1.14. The molecule has 0 radical (unpaired) electrons. The summed E-state index contributed by atoms with van der Waals surface area (Å²) in [5.74, 6) is -1.24. The van der Waals surface area contributed by atoms with Crippen molar-refractivity contribution in [2.75, 3.05) is 40.8 Å². The van der Waals surface area contributed by atoms with E-state index in [9.17, 15) is 22.8 Å². The third-order valence-electron chi connectivity index (χ3n) is 2.14. The van der Waals surface area contributed by atoms with E-state index >= 15 is 0 Å². The molecule has 0 aromatic carbocycles. The van der Waals surface area contributed by atoms with Gasteiger partial charge in [-0.2, -0.15) is 13.2 Å². The molecule has 0 aliphatic carbocycles. The van der Waals surface area contributed by atoms with Gasteiger partial charge in [0.2, 0.25) is 11.8 Å². The Kier molecular flexibility index (Phi) is 6.67. The molecule has 0 aliphatic heterocycles. The Hall–Kier alpha value is -1.31. The van der Waals surface area contributed by atoms with Crippen LogP contribution in [0.15, 0.2) is 0 Å². The van der Waals surface area contributed by atoms with Crippen molar-refractivity contribution in [3.63, 3.8) is 0 Å². The number of halogens is 3. The molecule has 0 aromatic rings. The van der Waals surface area contributed by atoms with Crippen molar-refractivity contribution in [2.45, 2.75) is 12.6 Å². The summed E-state index contributed by atoms with van der Waals surface area (Å²) in [5, 5.41) is 2.67. The van der Waals surface area contributed by atoms with E-state index in [1.807, 2.05) is 0 Å². The predicted molar refractivity (Wildman–Crippen MR) is 59.9 cm³/mol. The van der Waals surface area contributed by atoms with Crippen LogP contribution in [0.5, 0.6) is 0 Å². The highest BCUT2D eigenvalue weighted by atomic mass is 19.4. The summed E-state index contributed by atoms with van der Waals surface area (Å²) in [6.45, 7) is -1.70. The van der Waals surface area contributed by atoms with Crippen LogP contribution < -0.4 is 5.32 Å². The first-order chi connectivity index (χ1) is 8.17. The van der Waals surface area contributed by atoms with Gasteiger partial charge in [-0.3, -0.25) is 9.59 Å². The van der Waals surface area contributed by atoms with Crippen LogP contribution in [0.2, 0.25) is 0 Å². The summed E-state index contributed by atoms with van der Waals surface area (Å²) in [6.07, 6.45) is -4.59. The highest BCUT2D eigenvalue weighted by Crippen LogP contribution is 2.17. The van der Waals surface area contributed by atoms with E-state index in [1.54, 1.807) is 7.05 Å². The van der Waals surface area contributed by atoms with E-state index in [2.05, 4.69) is 5.32 Å². The molecular weight excluding hydrogens is 251 g/mol. The summed E-state index contributed by atoms with van der Waals surface area (Å²) < 4.78 is 36.9. The number of hydrogen-bond acceptors (Lipinski definition) is 3. The lowest BCUT2D eigenvalue weighted by molar-refractivity contribution is -0.164. The van der Waals surface area contributed by atoms with Crippen LogP contribution in [-0.2, 0) is 9.59 Å². The second-order valence-corrected chi connectivity index (χ2v) is 4.01. The minimum atomic E-state index is -4.51. The molecule has 8 heteroatoms. The molecule has 0 atom stereocenters. The number of nitrogens with zero attached hydrogens (tertiary/aromatic N) is 2. The number of carbonyl (C=O) groups is 2. The van der Waals surface area contributed by atoms with Crippen molar-refractivity contribution >= 4 is 11.8 Å². The van der Waals surface area contributed by atoms with Crippen molar-refractivity contribution < 1.29 is 22.8 Å². The minimum absolute atomic E-state index is 0.0761. The monoisotopic (exact) mass is 269 g/mol. The Morgan fingerprint density at radius 1 is 1.17 bits per heavy atom. The standard InChI is InChI=1S/C10H18F3N3O2/c1-14-5-4-8(17)16(7-10(11,12)13)6-9(18)15(2)3/h14H,4-7H2,1-3H3. The van der Waals surface area contributed by atoms with Crippen LogP contribution in [0.3, 0.4) is 0 Å². The highest BCUT2D eigenvalue weighted by molar-refractivity contribution is 5.84. The number of carbonyl (C=O) groups excluding carboxylic acids is 2. The maximum atomic E-state index is 12.3. The number of rotatable bonds is 6. The van der Waals surface area contributed by atoms with Crippen LogP contribution in [-0.4, -0.2) is 68.6 Å². The van der Waals surface area contributed by atoms with E-state index < -0.39 is 31.1 Å². The number of hydrogen-bond donors (Lipinski definition) is 1. The highest BCUT2D eigenvalue weighted by Gasteiger charge is 2.33. The molecule has 0 spiro atoms. The Morgan fingerprint density at radius 3 is 2.11 bits per heavy atom. The normalized spacial score (nSPS) is 11.2. The fourth-order valence-corrected chi connectivity index (χ4v) is 1.14. The van der Waals surface area contributed by atoms with Crippen LogP contribution in [0, 0.1) is 0 Å². The van der Waals surface area contributed by atoms with Crippen molar-refractivity contribution in [1.82, 2.24) is 15.1 Å². The van der Waals surface area contributed by atoms with Gasteiger partial charge >= 0.3 is 6.18 Å². The van der Waals surface area contributed by atoms with Gasteiger partial charge in [0.1, 0.15) is 13.1 Å². The summed E-state index contributed by atoms with van der Waals surface area (Å²) in [7, 11) is 4.44. The molecule has 1 N–H and O–H groups in total. The quantitative estimate of drug-likeness (QED) is 0.742. The predicted octanol–water partition coefficient (Wildman–Crippen LogP) is 0.0750. The zero-order valence-electron chi connectivity index (χ0n) is 10.7. The van der Waals surface area contributed by atoms with Crippen molar-refractivity contribution in [2.24, 2.45) is 0 Å². The minimum Gasteiger partial charge on any atom is -0.347 e. The molecule has 0 saturated carbocycles. The molecule has 0 aromatic heterocycles. The maximum absolute atomic E-state index is 12.3. The second kappa shape index (κ2) is 7.20. The van der Waals surface area contributed by atoms with Gasteiger partial charge in [0, 0.05) is 27.1 Å². The summed E-state index contributed by atoms with van der Waals surface area (Å²) in [6, 6.07) is 0. The molecule has 0 aliphatic rings. The lowest BCUT2D eigenvalue weighted by atomic mass is 10.3. The molecule has 106 valence electrons. The van der Waals surface area contributed by atoms with E-state index in [4.69, 9.17) is 0 Å². The van der Waals surface area contributed by atoms with Gasteiger partial charge in [-0.25, -0.2) is 0 Å². The molecule has 0 heterocycles. The van der Waals surface area contributed by atoms with E-state index in [-0.39, 0.29) is 13.0 Å². The first kappa shape index (κ1) is 16.7. The number of likely N-dealkylation sites (N-methyl/N-ethyl adjacent to an activating group) is 1. The lowest BCUT2D eigenvalue weighted by Crippen LogP contribution is -2.45. The molecule has 0 bridgehead atoms. The van der Waals surface area contributed by atoms with Crippen LogP contribution in [0.25, 0.3) is 0 Å². The number of alkyl halides is 3. The molecule has 2 amide bonds. The average Bonchev–Trinajstić information content (AvgIpc) is 2.22. The van der Waals surface area contributed by atoms with Gasteiger partial charge in [0.15, 0.2) is 0 Å². The van der Waals surface area contributed by atoms with Gasteiger partial charge in [0.05, 0.1) is 0 Å². The zero-order valence-corrected chi connectivity index (χ0v) is 10.7. The van der Waals surface area contributed by atoms with Crippen molar-refractivity contribution in [3.8, 4) is 0 Å². The van der Waals surface area contributed by atoms with Gasteiger partial charge < -0.3 is 15.1 Å². The fraction of sp³-hybridized carbons (Fsp3) is 0.800. The van der Waals surface area contributed by atoms with Crippen molar-refractivity contribution in [3.05, 3.63) is 0 Å². The molecule has 0 saturated heterocycles. The lowest BCUT2D eigenvalue weighted by Gasteiger charge is -2.24. The number of nitrogens with one attached hydrogen (secondary N) is 1. The van der Waals surface area contributed by atoms with E-state index in [1.165, 1.54) is 14.1 Å². The first-order valence-corrected chi connectivity index (χ1v) is 5.36. The molecule has 0 unspecified atom stereocenters. The van der Waals surface area contributed by atoms with Crippen LogP contribution in [0.4, 0.5) is 13.2 Å². The van der Waals surface area contributed by atoms with Gasteiger partial charge in [-0.05, 0) is 7.05 Å². The molecule has 18 heavy (non-hydrogen) atoms. The van der Waals surface area contributed by atoms with Crippen LogP contribution in [0.1, 0.15) is 6.42 Å². The van der Waals surface area contributed by atoms with Crippen LogP contribution >= 0.6 is 0 Å². The summed E-state index contributed by atoms with van der Waals surface area (Å²) >= 11 is 0. The summed E-state index contributed by atoms with van der Waals surface area (Å²) in [4.78, 5) is 24.6. The maximum Gasteiger partial charge on any atom is 0.406 e. The Balaban J connectivity index is 4.61.